The summed E-state index contributed by atoms with van der Waals surface area (Å²) in [4.78, 5) is 41.7. The molecule has 3 amide bonds. The Hall–Kier alpha value is -3.26. The molecule has 1 saturated heterocycles. The zero-order valence-corrected chi connectivity index (χ0v) is 17.4. The average molecular weight is 423 g/mol. The second kappa shape index (κ2) is 8.62. The number of nitrogens with zero attached hydrogens (tertiary/aromatic N) is 2. The van der Waals surface area contributed by atoms with Crippen molar-refractivity contribution in [2.75, 3.05) is 13.1 Å². The number of para-hydroxylation sites is 1. The van der Waals surface area contributed by atoms with Crippen LogP contribution in [0, 0.1) is 0 Å². The molecule has 3 aromatic rings. The summed E-state index contributed by atoms with van der Waals surface area (Å²) in [6.45, 7) is 0.573. The molecule has 0 aliphatic carbocycles. The third-order valence-corrected chi connectivity index (χ3v) is 6.00. The standard InChI is InChI=1S/C22H22N4O3S/c1-25-11-4-5-16(25)13-19-21(28)26(22(29)30-19)12-9-20(27)23-10-8-15-14-24-18-7-3-2-6-17(15)18/h2-7,11,13-14,24H,8-10,12H2,1H3,(H,23,27). The zero-order chi connectivity index (χ0) is 21.1. The van der Waals surface area contributed by atoms with Crippen molar-refractivity contribution in [2.45, 2.75) is 12.8 Å². The van der Waals surface area contributed by atoms with Crippen molar-refractivity contribution in [3.8, 4) is 0 Å². The Kier molecular flexibility index (Phi) is 5.76. The maximum atomic E-state index is 12.5. The third kappa shape index (κ3) is 4.18. The van der Waals surface area contributed by atoms with Crippen LogP contribution in [0.15, 0.2) is 53.7 Å². The van der Waals surface area contributed by atoms with Crippen molar-refractivity contribution in [1.82, 2.24) is 19.8 Å². The molecule has 154 valence electrons. The van der Waals surface area contributed by atoms with Crippen LogP contribution in [0.5, 0.6) is 0 Å². The largest absolute Gasteiger partial charge is 0.361 e. The quantitative estimate of drug-likeness (QED) is 0.572. The van der Waals surface area contributed by atoms with Crippen LogP contribution >= 0.6 is 11.8 Å². The van der Waals surface area contributed by atoms with Gasteiger partial charge < -0.3 is 14.9 Å². The molecule has 0 radical (unpaired) electrons. The Morgan fingerprint density at radius 3 is 2.83 bits per heavy atom. The number of aromatic amines is 1. The van der Waals surface area contributed by atoms with Gasteiger partial charge >= 0.3 is 0 Å². The number of carbonyl (C=O) groups is 3. The molecule has 0 unspecified atom stereocenters. The maximum absolute atomic E-state index is 12.5. The van der Waals surface area contributed by atoms with Crippen LogP contribution in [0.4, 0.5) is 4.79 Å². The molecule has 0 spiro atoms. The lowest BCUT2D eigenvalue weighted by atomic mass is 10.1. The summed E-state index contributed by atoms with van der Waals surface area (Å²) in [5.74, 6) is -0.530. The second-order valence-corrected chi connectivity index (χ2v) is 8.08. The molecule has 3 heterocycles. The molecule has 1 aliphatic heterocycles. The number of aryl methyl sites for hydroxylation is 1. The molecule has 1 aliphatic rings. The van der Waals surface area contributed by atoms with Crippen molar-refractivity contribution >= 4 is 45.8 Å². The minimum absolute atomic E-state index is 0.0774. The van der Waals surface area contributed by atoms with Gasteiger partial charge in [-0.1, -0.05) is 18.2 Å². The summed E-state index contributed by atoms with van der Waals surface area (Å²) in [5, 5.41) is 3.67. The van der Waals surface area contributed by atoms with E-state index in [4.69, 9.17) is 0 Å². The number of amides is 3. The fourth-order valence-corrected chi connectivity index (χ4v) is 4.28. The van der Waals surface area contributed by atoms with E-state index in [9.17, 15) is 14.4 Å². The Balaban J connectivity index is 1.27. The van der Waals surface area contributed by atoms with E-state index in [0.29, 0.717) is 17.9 Å². The molecule has 2 N–H and O–H groups in total. The van der Waals surface area contributed by atoms with E-state index in [0.717, 1.165) is 38.8 Å². The lowest BCUT2D eigenvalue weighted by Crippen LogP contribution is -2.34. The molecule has 30 heavy (non-hydrogen) atoms. The number of carbonyl (C=O) groups excluding carboxylic acids is 3. The Morgan fingerprint density at radius 2 is 2.03 bits per heavy atom. The summed E-state index contributed by atoms with van der Waals surface area (Å²) in [6, 6.07) is 11.8. The molecule has 0 bridgehead atoms. The molecule has 8 heteroatoms. The van der Waals surface area contributed by atoms with Crippen molar-refractivity contribution in [1.29, 1.82) is 0 Å². The van der Waals surface area contributed by atoms with Crippen LogP contribution in [-0.4, -0.2) is 44.6 Å². The predicted molar refractivity (Wildman–Crippen MR) is 118 cm³/mol. The fraction of sp³-hybridized carbons (Fsp3) is 0.227. The minimum Gasteiger partial charge on any atom is -0.361 e. The average Bonchev–Trinajstić information content (AvgIpc) is 3.40. The number of H-pyrrole nitrogens is 1. The highest BCUT2D eigenvalue weighted by atomic mass is 32.2. The smallest absolute Gasteiger partial charge is 0.293 e. The molecule has 2 aromatic heterocycles. The van der Waals surface area contributed by atoms with Crippen LogP contribution in [0.2, 0.25) is 0 Å². The molecule has 4 rings (SSSR count). The van der Waals surface area contributed by atoms with E-state index in [-0.39, 0.29) is 30.0 Å². The van der Waals surface area contributed by atoms with Gasteiger partial charge in [0.05, 0.1) is 4.91 Å². The summed E-state index contributed by atoms with van der Waals surface area (Å²) < 4.78 is 1.87. The number of hydrogen-bond donors (Lipinski definition) is 2. The summed E-state index contributed by atoms with van der Waals surface area (Å²) >= 11 is 0.908. The van der Waals surface area contributed by atoms with Crippen molar-refractivity contribution < 1.29 is 14.4 Å². The van der Waals surface area contributed by atoms with E-state index < -0.39 is 0 Å². The van der Waals surface area contributed by atoms with Gasteiger partial charge in [-0.15, -0.1) is 0 Å². The first-order valence-electron chi connectivity index (χ1n) is 9.71. The number of nitrogens with one attached hydrogen (secondary N) is 2. The Labute approximate surface area is 178 Å². The van der Waals surface area contributed by atoms with E-state index in [1.165, 1.54) is 0 Å². The van der Waals surface area contributed by atoms with Crippen molar-refractivity contribution in [2.24, 2.45) is 7.05 Å². The van der Waals surface area contributed by atoms with Crippen LogP contribution < -0.4 is 5.32 Å². The van der Waals surface area contributed by atoms with Gasteiger partial charge in [-0.3, -0.25) is 19.3 Å². The molecular weight excluding hydrogens is 400 g/mol. The van der Waals surface area contributed by atoms with E-state index in [2.05, 4.69) is 10.3 Å². The number of hydrogen-bond acceptors (Lipinski definition) is 4. The molecule has 0 atom stereocenters. The summed E-state index contributed by atoms with van der Waals surface area (Å²) in [5.41, 5.74) is 3.06. The number of imide groups is 1. The Morgan fingerprint density at radius 1 is 1.20 bits per heavy atom. The first-order chi connectivity index (χ1) is 14.5. The van der Waals surface area contributed by atoms with Gasteiger partial charge in [-0.05, 0) is 48.0 Å². The SMILES string of the molecule is Cn1cccc1C=C1SC(=O)N(CCC(=O)NCCc2c[nH]c3ccccc23)C1=O. The maximum Gasteiger partial charge on any atom is 0.293 e. The van der Waals surface area contributed by atoms with Crippen molar-refractivity contribution in [3.05, 3.63) is 65.0 Å². The third-order valence-electron chi connectivity index (χ3n) is 5.09. The molecule has 7 nitrogen and oxygen atoms in total. The molecule has 1 aromatic carbocycles. The number of fused-ring (bicyclic) bond motifs is 1. The minimum atomic E-state index is -0.349. The number of aromatic nitrogens is 2. The predicted octanol–water partition coefficient (Wildman–Crippen LogP) is 3.29. The van der Waals surface area contributed by atoms with Crippen LogP contribution in [0.25, 0.3) is 17.0 Å². The van der Waals surface area contributed by atoms with Gasteiger partial charge in [0.2, 0.25) is 5.91 Å². The Bertz CT molecular complexity index is 1140. The van der Waals surface area contributed by atoms with Crippen molar-refractivity contribution in [3.63, 3.8) is 0 Å². The van der Waals surface area contributed by atoms with E-state index in [1.54, 1.807) is 6.08 Å². The van der Waals surface area contributed by atoms with Crippen LogP contribution in [0.3, 0.4) is 0 Å². The lowest BCUT2D eigenvalue weighted by Gasteiger charge is -2.12. The number of thioether (sulfide) groups is 1. The highest BCUT2D eigenvalue weighted by Crippen LogP contribution is 2.32. The zero-order valence-electron chi connectivity index (χ0n) is 16.6. The monoisotopic (exact) mass is 422 g/mol. The van der Waals surface area contributed by atoms with E-state index in [1.807, 2.05) is 60.4 Å². The number of rotatable bonds is 7. The number of benzene rings is 1. The lowest BCUT2D eigenvalue weighted by molar-refractivity contribution is -0.124. The second-order valence-electron chi connectivity index (χ2n) is 7.09. The molecule has 0 saturated carbocycles. The topological polar surface area (TPSA) is 87.2 Å². The fourth-order valence-electron chi connectivity index (χ4n) is 3.43. The van der Waals surface area contributed by atoms with E-state index >= 15 is 0 Å². The van der Waals surface area contributed by atoms with Crippen LogP contribution in [-0.2, 0) is 23.1 Å². The highest BCUT2D eigenvalue weighted by molar-refractivity contribution is 8.18. The first kappa shape index (κ1) is 20.0. The van der Waals surface area contributed by atoms with Gasteiger partial charge in [-0.25, -0.2) is 0 Å². The van der Waals surface area contributed by atoms with Gasteiger partial charge in [0, 0.05) is 55.5 Å². The molecular formula is C22H22N4O3S. The van der Waals surface area contributed by atoms with Gasteiger partial charge in [-0.2, -0.15) is 0 Å². The normalized spacial score (nSPS) is 15.5. The first-order valence-corrected chi connectivity index (χ1v) is 10.5. The highest BCUT2D eigenvalue weighted by Gasteiger charge is 2.35. The van der Waals surface area contributed by atoms with Gasteiger partial charge in [0.15, 0.2) is 0 Å². The summed E-state index contributed by atoms with van der Waals surface area (Å²) in [7, 11) is 1.87. The van der Waals surface area contributed by atoms with Gasteiger partial charge in [0.1, 0.15) is 0 Å². The van der Waals surface area contributed by atoms with Gasteiger partial charge in [0.25, 0.3) is 11.1 Å². The molecule has 1 fully saturated rings. The summed E-state index contributed by atoms with van der Waals surface area (Å²) in [6.07, 6.45) is 6.32. The van der Waals surface area contributed by atoms with Crippen LogP contribution in [0.1, 0.15) is 17.7 Å².